The van der Waals surface area contributed by atoms with Crippen molar-refractivity contribution in [3.8, 4) is 11.3 Å². The largest absolute Gasteiger partial charge is 0.468 e. The van der Waals surface area contributed by atoms with Crippen molar-refractivity contribution >= 4 is 29.2 Å². The fraction of sp³-hybridized carbons (Fsp3) is 0.412. The molecule has 1 aliphatic rings. The number of piperidine rings is 1. The number of likely N-dealkylation sites (tertiary alicyclic amines) is 1. The minimum absolute atomic E-state index is 0.199. The van der Waals surface area contributed by atoms with Crippen LogP contribution >= 0.6 is 23.2 Å². The lowest BCUT2D eigenvalue weighted by Gasteiger charge is -2.32. The number of hydrogen-bond donors (Lipinski definition) is 0. The van der Waals surface area contributed by atoms with Crippen LogP contribution in [0.2, 0.25) is 10.0 Å². The summed E-state index contributed by atoms with van der Waals surface area (Å²) in [6, 6.07) is 6.86. The summed E-state index contributed by atoms with van der Waals surface area (Å²) in [5.74, 6) is 0.488. The quantitative estimate of drug-likeness (QED) is 0.757. The van der Waals surface area contributed by atoms with Crippen molar-refractivity contribution in [2.75, 3.05) is 13.7 Å². The van der Waals surface area contributed by atoms with E-state index < -0.39 is 0 Å². The average molecular weight is 369 g/mol. The first-order chi connectivity index (χ1) is 11.6. The number of aromatic nitrogens is 1. The number of carbonyl (C=O) groups excluding carboxylic acids is 1. The standard InChI is InChI=1S/C17H18Cl2N2O3/c1-23-17(22)16-4-2-3-7-21(16)10-12-9-15(20-24-12)13-6-5-11(18)8-14(13)19/h5-6,8-9,16H,2-4,7,10H2,1H3. The van der Waals surface area contributed by atoms with Gasteiger partial charge >= 0.3 is 5.97 Å². The normalized spacial score (nSPS) is 18.5. The molecule has 0 saturated carbocycles. The first kappa shape index (κ1) is 17.3. The molecule has 0 bridgehead atoms. The van der Waals surface area contributed by atoms with E-state index in [1.807, 2.05) is 12.1 Å². The van der Waals surface area contributed by atoms with E-state index in [9.17, 15) is 4.79 Å². The van der Waals surface area contributed by atoms with E-state index in [2.05, 4.69) is 10.1 Å². The molecule has 0 aliphatic carbocycles. The summed E-state index contributed by atoms with van der Waals surface area (Å²) in [4.78, 5) is 14.0. The maximum absolute atomic E-state index is 11.9. The number of carbonyl (C=O) groups is 1. The fourth-order valence-electron chi connectivity index (χ4n) is 3.00. The number of halogens is 2. The molecule has 1 aromatic heterocycles. The van der Waals surface area contributed by atoms with Crippen molar-refractivity contribution in [3.05, 3.63) is 40.1 Å². The number of nitrogens with zero attached hydrogens (tertiary/aromatic N) is 2. The molecule has 128 valence electrons. The summed E-state index contributed by atoms with van der Waals surface area (Å²) in [6.07, 6.45) is 2.88. The molecule has 1 unspecified atom stereocenters. The second kappa shape index (κ2) is 7.55. The van der Waals surface area contributed by atoms with E-state index in [0.717, 1.165) is 31.4 Å². The molecule has 1 atom stereocenters. The van der Waals surface area contributed by atoms with Gasteiger partial charge in [-0.2, -0.15) is 0 Å². The number of methoxy groups -OCH3 is 1. The third-order valence-corrected chi connectivity index (χ3v) is 4.76. The van der Waals surface area contributed by atoms with Crippen LogP contribution in [0, 0.1) is 0 Å². The van der Waals surface area contributed by atoms with E-state index in [1.165, 1.54) is 7.11 Å². The molecule has 24 heavy (non-hydrogen) atoms. The van der Waals surface area contributed by atoms with Gasteiger partial charge in [-0.25, -0.2) is 0 Å². The molecule has 0 N–H and O–H groups in total. The van der Waals surface area contributed by atoms with E-state index in [-0.39, 0.29) is 12.0 Å². The molecular weight excluding hydrogens is 351 g/mol. The van der Waals surface area contributed by atoms with E-state index >= 15 is 0 Å². The zero-order valence-corrected chi connectivity index (χ0v) is 14.8. The third-order valence-electron chi connectivity index (χ3n) is 4.21. The van der Waals surface area contributed by atoms with Crippen LogP contribution in [-0.2, 0) is 16.1 Å². The molecule has 0 amide bonds. The van der Waals surface area contributed by atoms with Crippen LogP contribution in [-0.4, -0.2) is 35.7 Å². The highest BCUT2D eigenvalue weighted by atomic mass is 35.5. The van der Waals surface area contributed by atoms with Crippen LogP contribution in [0.15, 0.2) is 28.8 Å². The van der Waals surface area contributed by atoms with Crippen molar-refractivity contribution in [1.29, 1.82) is 0 Å². The van der Waals surface area contributed by atoms with Crippen LogP contribution in [0.25, 0.3) is 11.3 Å². The molecule has 1 aromatic carbocycles. The Balaban J connectivity index is 1.76. The Morgan fingerprint density at radius 3 is 2.96 bits per heavy atom. The van der Waals surface area contributed by atoms with Crippen LogP contribution in [0.5, 0.6) is 0 Å². The first-order valence-electron chi connectivity index (χ1n) is 7.81. The van der Waals surface area contributed by atoms with Gasteiger partial charge in [-0.1, -0.05) is 34.8 Å². The van der Waals surface area contributed by atoms with Gasteiger partial charge in [-0.05, 0) is 37.6 Å². The highest BCUT2D eigenvalue weighted by Crippen LogP contribution is 2.30. The van der Waals surface area contributed by atoms with Gasteiger partial charge in [0.15, 0.2) is 5.76 Å². The molecule has 2 aromatic rings. The van der Waals surface area contributed by atoms with Crippen molar-refractivity contribution in [2.45, 2.75) is 31.8 Å². The van der Waals surface area contributed by atoms with Crippen molar-refractivity contribution < 1.29 is 14.1 Å². The molecule has 7 heteroatoms. The second-order valence-corrected chi connectivity index (χ2v) is 6.65. The lowest BCUT2D eigenvalue weighted by atomic mass is 10.0. The van der Waals surface area contributed by atoms with Crippen LogP contribution in [0.1, 0.15) is 25.0 Å². The molecule has 1 fully saturated rings. The van der Waals surface area contributed by atoms with Gasteiger partial charge < -0.3 is 9.26 Å². The monoisotopic (exact) mass is 368 g/mol. The minimum atomic E-state index is -0.226. The minimum Gasteiger partial charge on any atom is -0.468 e. The lowest BCUT2D eigenvalue weighted by Crippen LogP contribution is -2.44. The first-order valence-corrected chi connectivity index (χ1v) is 8.57. The fourth-order valence-corrected chi connectivity index (χ4v) is 3.50. The second-order valence-electron chi connectivity index (χ2n) is 5.81. The Labute approximate surface area is 150 Å². The van der Waals surface area contributed by atoms with Crippen LogP contribution in [0.3, 0.4) is 0 Å². The highest BCUT2D eigenvalue weighted by molar-refractivity contribution is 6.36. The van der Waals surface area contributed by atoms with Gasteiger partial charge in [0.05, 0.1) is 18.7 Å². The Morgan fingerprint density at radius 1 is 1.38 bits per heavy atom. The maximum atomic E-state index is 11.9. The average Bonchev–Trinajstić information content (AvgIpc) is 3.03. The summed E-state index contributed by atoms with van der Waals surface area (Å²) in [7, 11) is 1.42. The summed E-state index contributed by atoms with van der Waals surface area (Å²) < 4.78 is 10.3. The predicted molar refractivity (Wildman–Crippen MR) is 92.0 cm³/mol. The molecule has 3 rings (SSSR count). The van der Waals surface area contributed by atoms with Gasteiger partial charge in [-0.3, -0.25) is 9.69 Å². The molecule has 1 saturated heterocycles. The SMILES string of the molecule is COC(=O)C1CCCCN1Cc1cc(-c2ccc(Cl)cc2Cl)no1. The number of rotatable bonds is 4. The molecule has 1 aliphatic heterocycles. The van der Waals surface area contributed by atoms with Gasteiger partial charge in [0.2, 0.25) is 0 Å². The number of benzene rings is 1. The number of ether oxygens (including phenoxy) is 1. The van der Waals surface area contributed by atoms with Gasteiger partial charge in [0, 0.05) is 16.7 Å². The Hall–Kier alpha value is -1.56. The molecular formula is C17H18Cl2N2O3. The number of hydrogen-bond acceptors (Lipinski definition) is 5. The molecule has 2 heterocycles. The molecule has 0 spiro atoms. The van der Waals surface area contributed by atoms with Gasteiger partial charge in [0.25, 0.3) is 0 Å². The lowest BCUT2D eigenvalue weighted by molar-refractivity contribution is -0.148. The zero-order valence-electron chi connectivity index (χ0n) is 13.3. The summed E-state index contributed by atoms with van der Waals surface area (Å²) in [6.45, 7) is 1.34. The summed E-state index contributed by atoms with van der Waals surface area (Å²) in [5, 5.41) is 5.18. The Kier molecular flexibility index (Phi) is 5.43. The molecule has 5 nitrogen and oxygen atoms in total. The summed E-state index contributed by atoms with van der Waals surface area (Å²) >= 11 is 12.1. The zero-order chi connectivity index (χ0) is 17.1. The van der Waals surface area contributed by atoms with Gasteiger partial charge in [-0.15, -0.1) is 0 Å². The van der Waals surface area contributed by atoms with E-state index in [0.29, 0.717) is 28.0 Å². The molecule has 0 radical (unpaired) electrons. The van der Waals surface area contributed by atoms with E-state index in [4.69, 9.17) is 32.5 Å². The Morgan fingerprint density at radius 2 is 2.21 bits per heavy atom. The predicted octanol–water partition coefficient (Wildman–Crippen LogP) is 4.18. The van der Waals surface area contributed by atoms with Crippen LogP contribution in [0.4, 0.5) is 0 Å². The van der Waals surface area contributed by atoms with E-state index in [1.54, 1.807) is 12.1 Å². The smallest absolute Gasteiger partial charge is 0.323 e. The number of esters is 1. The van der Waals surface area contributed by atoms with Crippen molar-refractivity contribution in [3.63, 3.8) is 0 Å². The Bertz CT molecular complexity index is 732. The maximum Gasteiger partial charge on any atom is 0.323 e. The highest BCUT2D eigenvalue weighted by Gasteiger charge is 2.30. The third kappa shape index (κ3) is 3.74. The van der Waals surface area contributed by atoms with Gasteiger partial charge in [0.1, 0.15) is 11.7 Å². The summed E-state index contributed by atoms with van der Waals surface area (Å²) in [5.41, 5.74) is 1.41. The van der Waals surface area contributed by atoms with Crippen LogP contribution < -0.4 is 0 Å². The van der Waals surface area contributed by atoms with Crippen molar-refractivity contribution in [1.82, 2.24) is 10.1 Å². The topological polar surface area (TPSA) is 55.6 Å². The van der Waals surface area contributed by atoms with Crippen molar-refractivity contribution in [2.24, 2.45) is 0 Å².